The number of alkyl halides is 3. The lowest BCUT2D eigenvalue weighted by Gasteiger charge is -1.94. The molecular weight excluding hydrogens is 147 g/mol. The highest BCUT2D eigenvalue weighted by Crippen LogP contribution is 2.30. The third-order valence-corrected chi connectivity index (χ3v) is 0.646. The second-order valence-electron chi connectivity index (χ2n) is 0.612. The van der Waals surface area contributed by atoms with Crippen molar-refractivity contribution in [1.82, 2.24) is 0 Å². The minimum atomic E-state index is -4.30. The predicted octanol–water partition coefficient (Wildman–Crippen LogP) is 1.88. The number of hydrogen-bond acceptors (Lipinski definition) is 3. The van der Waals surface area contributed by atoms with Gasteiger partial charge in [0, 0.05) is 12.4 Å². The van der Waals surface area contributed by atoms with Crippen molar-refractivity contribution in [3.63, 3.8) is 0 Å². The SMILES string of the molecule is FC(F)(F)SN=S. The summed E-state index contributed by atoms with van der Waals surface area (Å²) in [5.74, 6) is 0. The maximum atomic E-state index is 10.9. The molecule has 0 radical (unpaired) electrons. The Labute approximate surface area is 47.6 Å². The number of nitrogens with zero attached hydrogens (tertiary/aromatic N) is 1. The van der Waals surface area contributed by atoms with Crippen LogP contribution in [0.3, 0.4) is 0 Å². The fourth-order valence-electron chi connectivity index (χ4n) is 0.0423. The van der Waals surface area contributed by atoms with Crippen LogP contribution in [0, 0.1) is 0 Å². The Morgan fingerprint density at radius 3 is 1.86 bits per heavy atom. The Hall–Kier alpha value is 0.160. The van der Waals surface area contributed by atoms with E-state index >= 15 is 0 Å². The highest BCUT2D eigenvalue weighted by atomic mass is 32.2. The first-order valence-corrected chi connectivity index (χ1v) is 2.27. The molecule has 0 aliphatic rings. The first-order chi connectivity index (χ1) is 3.06. The van der Waals surface area contributed by atoms with Crippen LogP contribution in [0.4, 0.5) is 13.2 Å². The topological polar surface area (TPSA) is 12.4 Å². The lowest BCUT2D eigenvalue weighted by atomic mass is 11.6. The van der Waals surface area contributed by atoms with Gasteiger partial charge in [-0.2, -0.15) is 13.2 Å². The molecule has 0 fully saturated rings. The smallest absolute Gasteiger partial charge is 0.159 e. The van der Waals surface area contributed by atoms with Crippen LogP contribution in [0.25, 0.3) is 0 Å². The number of rotatable bonds is 1. The van der Waals surface area contributed by atoms with Gasteiger partial charge in [0.05, 0.1) is 0 Å². The molecule has 0 saturated carbocycles. The molecule has 0 saturated heterocycles. The molecule has 0 aromatic heterocycles. The van der Waals surface area contributed by atoms with Gasteiger partial charge in [-0.3, -0.25) is 0 Å². The Morgan fingerprint density at radius 1 is 1.43 bits per heavy atom. The van der Waals surface area contributed by atoms with Gasteiger partial charge in [-0.05, 0) is 0 Å². The van der Waals surface area contributed by atoms with Gasteiger partial charge in [0.25, 0.3) is 0 Å². The van der Waals surface area contributed by atoms with Gasteiger partial charge in [-0.1, -0.05) is 0 Å². The molecule has 7 heavy (non-hydrogen) atoms. The van der Waals surface area contributed by atoms with E-state index in [1.54, 1.807) is 0 Å². The van der Waals surface area contributed by atoms with E-state index in [1.165, 1.54) is 0 Å². The van der Waals surface area contributed by atoms with Crippen molar-refractivity contribution in [3.05, 3.63) is 0 Å². The largest absolute Gasteiger partial charge is 0.464 e. The van der Waals surface area contributed by atoms with Crippen molar-refractivity contribution in [2.24, 2.45) is 3.77 Å². The van der Waals surface area contributed by atoms with Crippen LogP contribution < -0.4 is 0 Å². The Bertz CT molecular complexity index is 67.8. The van der Waals surface area contributed by atoms with Gasteiger partial charge in [-0.25, -0.2) is 0 Å². The lowest BCUT2D eigenvalue weighted by molar-refractivity contribution is -0.0327. The van der Waals surface area contributed by atoms with E-state index in [1.807, 2.05) is 0 Å². The highest BCUT2D eigenvalue weighted by molar-refractivity contribution is 8.01. The van der Waals surface area contributed by atoms with E-state index in [0.717, 1.165) is 0 Å². The summed E-state index contributed by atoms with van der Waals surface area (Å²) in [6.45, 7) is 0. The van der Waals surface area contributed by atoms with Crippen molar-refractivity contribution >= 4 is 24.4 Å². The van der Waals surface area contributed by atoms with E-state index in [-0.39, 0.29) is 0 Å². The summed E-state index contributed by atoms with van der Waals surface area (Å²) in [4.78, 5) is 0. The van der Waals surface area contributed by atoms with Gasteiger partial charge in [0.2, 0.25) is 0 Å². The third-order valence-electron chi connectivity index (χ3n) is 0.141. The average Bonchev–Trinajstić information content (AvgIpc) is 1.30. The molecule has 0 amide bonds. The van der Waals surface area contributed by atoms with Gasteiger partial charge in [0.15, 0.2) is 0 Å². The summed E-state index contributed by atoms with van der Waals surface area (Å²) in [5.41, 5.74) is -4.30. The van der Waals surface area contributed by atoms with E-state index in [2.05, 4.69) is 16.2 Å². The minimum Gasteiger partial charge on any atom is -0.159 e. The van der Waals surface area contributed by atoms with Crippen LogP contribution in [-0.4, -0.2) is 5.51 Å². The molecule has 42 valence electrons. The first-order valence-electron chi connectivity index (χ1n) is 1.14. The Morgan fingerprint density at radius 2 is 1.86 bits per heavy atom. The molecule has 0 unspecified atom stereocenters. The quantitative estimate of drug-likeness (QED) is 0.525. The second kappa shape index (κ2) is 2.46. The molecule has 0 aromatic rings. The predicted molar refractivity (Wildman–Crippen MR) is 23.4 cm³/mol. The van der Waals surface area contributed by atoms with E-state index in [4.69, 9.17) is 0 Å². The molecule has 0 rings (SSSR count). The summed E-state index contributed by atoms with van der Waals surface area (Å²) >= 11 is 3.10. The summed E-state index contributed by atoms with van der Waals surface area (Å²) in [7, 11) is 0. The first kappa shape index (κ1) is 7.16. The average molecular weight is 147 g/mol. The summed E-state index contributed by atoms with van der Waals surface area (Å²) < 4.78 is 35.0. The molecule has 0 spiro atoms. The normalized spacial score (nSPS) is 11.3. The Balaban J connectivity index is 3.34. The summed E-state index contributed by atoms with van der Waals surface area (Å²) in [6, 6.07) is 0. The fourth-order valence-corrected chi connectivity index (χ4v) is 0.380. The van der Waals surface area contributed by atoms with E-state index < -0.39 is 17.5 Å². The number of hydrogen-bond donors (Lipinski definition) is 0. The summed E-state index contributed by atoms with van der Waals surface area (Å²) in [6.07, 6.45) is 0. The molecule has 6 heteroatoms. The van der Waals surface area contributed by atoms with Crippen molar-refractivity contribution in [1.29, 1.82) is 0 Å². The monoisotopic (exact) mass is 147 g/mol. The van der Waals surface area contributed by atoms with Crippen LogP contribution in [0.2, 0.25) is 0 Å². The molecule has 0 aliphatic heterocycles. The maximum Gasteiger partial charge on any atom is 0.464 e. The third kappa shape index (κ3) is 6.16. The van der Waals surface area contributed by atoms with Gasteiger partial charge in [0.1, 0.15) is 11.9 Å². The van der Waals surface area contributed by atoms with Gasteiger partial charge < -0.3 is 0 Å². The van der Waals surface area contributed by atoms with Crippen LogP contribution in [0.1, 0.15) is 0 Å². The highest BCUT2D eigenvalue weighted by Gasteiger charge is 2.28. The van der Waals surface area contributed by atoms with Crippen LogP contribution in [0.5, 0.6) is 0 Å². The minimum absolute atomic E-state index is 0.572. The lowest BCUT2D eigenvalue weighted by Crippen LogP contribution is -1.95. The summed E-state index contributed by atoms with van der Waals surface area (Å²) in [5, 5.41) is 0. The van der Waals surface area contributed by atoms with Gasteiger partial charge in [-0.15, -0.1) is 3.77 Å². The molecule has 0 bridgehead atoms. The molecular formula is CF3NS2. The van der Waals surface area contributed by atoms with E-state index in [0.29, 0.717) is 0 Å². The standard InChI is InChI=1S/CF3NS2/c2-1(3,4)7-5-6. The molecule has 0 aromatic carbocycles. The second-order valence-corrected chi connectivity index (χ2v) is 1.85. The maximum absolute atomic E-state index is 10.9. The molecule has 0 atom stereocenters. The van der Waals surface area contributed by atoms with Gasteiger partial charge >= 0.3 is 5.51 Å². The fraction of sp³-hybridized carbons (Fsp3) is 1.00. The zero-order chi connectivity index (χ0) is 5.91. The number of halogens is 3. The van der Waals surface area contributed by atoms with Crippen LogP contribution in [-0.2, 0) is 12.4 Å². The van der Waals surface area contributed by atoms with Crippen molar-refractivity contribution < 1.29 is 13.2 Å². The van der Waals surface area contributed by atoms with Crippen molar-refractivity contribution in [2.45, 2.75) is 5.51 Å². The molecule has 0 heterocycles. The zero-order valence-electron chi connectivity index (χ0n) is 2.90. The van der Waals surface area contributed by atoms with Crippen LogP contribution in [0.15, 0.2) is 3.77 Å². The van der Waals surface area contributed by atoms with Crippen molar-refractivity contribution in [2.75, 3.05) is 0 Å². The molecule has 0 aliphatic carbocycles. The van der Waals surface area contributed by atoms with E-state index in [9.17, 15) is 13.2 Å². The molecule has 0 N–H and O–H groups in total. The Kier molecular flexibility index (Phi) is 2.52. The van der Waals surface area contributed by atoms with Crippen LogP contribution >= 0.6 is 11.9 Å². The van der Waals surface area contributed by atoms with Crippen molar-refractivity contribution in [3.8, 4) is 0 Å². The zero-order valence-corrected chi connectivity index (χ0v) is 4.53. The molecule has 1 nitrogen and oxygen atoms in total.